The van der Waals surface area contributed by atoms with E-state index in [2.05, 4.69) is 26.0 Å². The van der Waals surface area contributed by atoms with Crippen LogP contribution < -0.4 is 0 Å². The maximum Gasteiger partial charge on any atom is 0.108 e. The fraction of sp³-hybridized carbons (Fsp3) is 0.444. The summed E-state index contributed by atoms with van der Waals surface area (Å²) in [6.07, 6.45) is 0.458. The molecule has 2 nitrogen and oxygen atoms in total. The number of benzene rings is 1. The Hall–Kier alpha value is -1.54. The summed E-state index contributed by atoms with van der Waals surface area (Å²) in [5.41, 5.74) is 4.18. The van der Waals surface area contributed by atoms with Crippen molar-refractivity contribution < 1.29 is 9.52 Å². The van der Waals surface area contributed by atoms with Gasteiger partial charge in [0, 0.05) is 5.56 Å². The van der Waals surface area contributed by atoms with E-state index in [0.29, 0.717) is 5.92 Å². The van der Waals surface area contributed by atoms with Crippen molar-refractivity contribution in [1.29, 1.82) is 0 Å². The molecule has 0 radical (unpaired) electrons. The van der Waals surface area contributed by atoms with Crippen molar-refractivity contribution >= 4 is 0 Å². The molecule has 0 aliphatic heterocycles. The second-order valence-electron chi connectivity index (χ2n) is 6.00. The summed E-state index contributed by atoms with van der Waals surface area (Å²) in [6.45, 7) is 10.3. The largest absolute Gasteiger partial charge is 0.466 e. The van der Waals surface area contributed by atoms with E-state index in [0.717, 1.165) is 34.6 Å². The van der Waals surface area contributed by atoms with Gasteiger partial charge in [-0.3, -0.25) is 0 Å². The molecule has 2 rings (SSSR count). The van der Waals surface area contributed by atoms with Crippen LogP contribution in [0.15, 0.2) is 28.7 Å². The van der Waals surface area contributed by atoms with Crippen LogP contribution in [-0.4, -0.2) is 5.11 Å². The molecular weight excluding hydrogens is 248 g/mol. The Morgan fingerprint density at radius 1 is 1.00 bits per heavy atom. The summed E-state index contributed by atoms with van der Waals surface area (Å²) in [6, 6.07) is 8.25. The van der Waals surface area contributed by atoms with E-state index < -0.39 is 6.10 Å². The first-order valence-corrected chi connectivity index (χ1v) is 7.23. The van der Waals surface area contributed by atoms with E-state index in [4.69, 9.17) is 4.42 Å². The predicted molar refractivity (Wildman–Crippen MR) is 82.0 cm³/mol. The molecule has 0 amide bonds. The molecule has 108 valence electrons. The molecular formula is C18H24O2. The summed E-state index contributed by atoms with van der Waals surface area (Å²) in [4.78, 5) is 0. The van der Waals surface area contributed by atoms with Crippen LogP contribution in [0.2, 0.25) is 0 Å². The van der Waals surface area contributed by atoms with Crippen LogP contribution in [-0.2, 0) is 6.42 Å². The van der Waals surface area contributed by atoms with Crippen LogP contribution in [0.4, 0.5) is 0 Å². The zero-order valence-corrected chi connectivity index (χ0v) is 13.0. The Balaban J connectivity index is 2.27. The SMILES string of the molecule is Cc1oc(C)c(C(O)c2ccc(CC(C)C)cc2)c1C. The first-order valence-electron chi connectivity index (χ1n) is 7.23. The van der Waals surface area contributed by atoms with Gasteiger partial charge in [0.1, 0.15) is 17.6 Å². The number of aliphatic hydroxyl groups excluding tert-OH is 1. The van der Waals surface area contributed by atoms with Gasteiger partial charge in [0.05, 0.1) is 0 Å². The summed E-state index contributed by atoms with van der Waals surface area (Å²) >= 11 is 0. The summed E-state index contributed by atoms with van der Waals surface area (Å²) in [7, 11) is 0. The average molecular weight is 272 g/mol. The van der Waals surface area contributed by atoms with Gasteiger partial charge in [0.15, 0.2) is 0 Å². The lowest BCUT2D eigenvalue weighted by Gasteiger charge is -2.13. The Morgan fingerprint density at radius 2 is 1.60 bits per heavy atom. The summed E-state index contributed by atoms with van der Waals surface area (Å²) < 4.78 is 5.60. The highest BCUT2D eigenvalue weighted by Crippen LogP contribution is 2.31. The maximum atomic E-state index is 10.6. The molecule has 1 heterocycles. The third-order valence-electron chi connectivity index (χ3n) is 3.83. The Bertz CT molecular complexity index is 576. The van der Waals surface area contributed by atoms with Gasteiger partial charge >= 0.3 is 0 Å². The van der Waals surface area contributed by atoms with E-state index in [1.165, 1.54) is 5.56 Å². The fourth-order valence-electron chi connectivity index (χ4n) is 2.69. The molecule has 0 spiro atoms. The molecule has 0 saturated heterocycles. The van der Waals surface area contributed by atoms with Gasteiger partial charge in [-0.25, -0.2) is 0 Å². The van der Waals surface area contributed by atoms with Crippen molar-refractivity contribution in [2.45, 2.75) is 47.1 Å². The Labute approximate surface area is 121 Å². The highest BCUT2D eigenvalue weighted by atomic mass is 16.3. The van der Waals surface area contributed by atoms with E-state index in [1.54, 1.807) is 0 Å². The summed E-state index contributed by atoms with van der Waals surface area (Å²) in [5.74, 6) is 2.33. The van der Waals surface area contributed by atoms with Crippen molar-refractivity contribution in [1.82, 2.24) is 0 Å². The van der Waals surface area contributed by atoms with E-state index in [9.17, 15) is 5.11 Å². The fourth-order valence-corrected chi connectivity index (χ4v) is 2.69. The van der Waals surface area contributed by atoms with Crippen LogP contribution in [0.25, 0.3) is 0 Å². The number of aryl methyl sites for hydroxylation is 2. The lowest BCUT2D eigenvalue weighted by atomic mass is 9.95. The second-order valence-corrected chi connectivity index (χ2v) is 6.00. The van der Waals surface area contributed by atoms with Gasteiger partial charge in [-0.2, -0.15) is 0 Å². The minimum atomic E-state index is -0.611. The van der Waals surface area contributed by atoms with Gasteiger partial charge in [-0.1, -0.05) is 38.1 Å². The second kappa shape index (κ2) is 5.84. The average Bonchev–Trinajstić information content (AvgIpc) is 2.63. The molecule has 2 aromatic rings. The first-order chi connectivity index (χ1) is 9.40. The summed E-state index contributed by atoms with van der Waals surface area (Å²) in [5, 5.41) is 10.6. The molecule has 0 aliphatic carbocycles. The minimum Gasteiger partial charge on any atom is -0.466 e. The number of hydrogen-bond donors (Lipinski definition) is 1. The van der Waals surface area contributed by atoms with Crippen LogP contribution in [0, 0.1) is 26.7 Å². The molecule has 0 fully saturated rings. The highest BCUT2D eigenvalue weighted by Gasteiger charge is 2.20. The molecule has 20 heavy (non-hydrogen) atoms. The predicted octanol–water partition coefficient (Wildman–Crippen LogP) is 4.49. The molecule has 0 bridgehead atoms. The topological polar surface area (TPSA) is 33.4 Å². The monoisotopic (exact) mass is 272 g/mol. The Morgan fingerprint density at radius 3 is 2.05 bits per heavy atom. The third-order valence-corrected chi connectivity index (χ3v) is 3.83. The van der Waals surface area contributed by atoms with Gasteiger partial charge in [-0.15, -0.1) is 0 Å². The van der Waals surface area contributed by atoms with Crippen molar-refractivity contribution in [2.75, 3.05) is 0 Å². The number of furan rings is 1. The van der Waals surface area contributed by atoms with Gasteiger partial charge in [0.25, 0.3) is 0 Å². The van der Waals surface area contributed by atoms with Crippen LogP contribution >= 0.6 is 0 Å². The van der Waals surface area contributed by atoms with Crippen molar-refractivity contribution in [3.8, 4) is 0 Å². The van der Waals surface area contributed by atoms with Crippen molar-refractivity contribution in [3.63, 3.8) is 0 Å². The van der Waals surface area contributed by atoms with E-state index in [-0.39, 0.29) is 0 Å². The number of rotatable bonds is 4. The van der Waals surface area contributed by atoms with Crippen LogP contribution in [0.1, 0.15) is 53.7 Å². The smallest absolute Gasteiger partial charge is 0.108 e. The molecule has 0 saturated carbocycles. The van der Waals surface area contributed by atoms with Gasteiger partial charge in [-0.05, 0) is 49.8 Å². The third kappa shape index (κ3) is 2.96. The van der Waals surface area contributed by atoms with Gasteiger partial charge < -0.3 is 9.52 Å². The zero-order chi connectivity index (χ0) is 14.9. The normalized spacial score (nSPS) is 12.9. The number of hydrogen-bond acceptors (Lipinski definition) is 2. The lowest BCUT2D eigenvalue weighted by molar-refractivity contribution is 0.217. The quantitative estimate of drug-likeness (QED) is 0.890. The lowest BCUT2D eigenvalue weighted by Crippen LogP contribution is -2.02. The van der Waals surface area contributed by atoms with Crippen LogP contribution in [0.5, 0.6) is 0 Å². The molecule has 1 aromatic heterocycles. The first kappa shape index (κ1) is 14.9. The Kier molecular flexibility index (Phi) is 4.34. The highest BCUT2D eigenvalue weighted by molar-refractivity contribution is 5.39. The molecule has 1 N–H and O–H groups in total. The van der Waals surface area contributed by atoms with Crippen molar-refractivity contribution in [2.24, 2.45) is 5.92 Å². The minimum absolute atomic E-state index is 0.611. The van der Waals surface area contributed by atoms with Gasteiger partial charge in [0.2, 0.25) is 0 Å². The molecule has 1 aromatic carbocycles. The number of aliphatic hydroxyl groups is 1. The maximum absolute atomic E-state index is 10.6. The molecule has 1 unspecified atom stereocenters. The van der Waals surface area contributed by atoms with E-state index in [1.807, 2.05) is 32.9 Å². The zero-order valence-electron chi connectivity index (χ0n) is 13.0. The molecule has 1 atom stereocenters. The van der Waals surface area contributed by atoms with E-state index >= 15 is 0 Å². The molecule has 2 heteroatoms. The van der Waals surface area contributed by atoms with Crippen molar-refractivity contribution in [3.05, 3.63) is 58.0 Å². The molecule has 0 aliphatic rings. The standard InChI is InChI=1S/C18H24O2/c1-11(2)10-15-6-8-16(9-7-15)18(19)17-12(3)13(4)20-14(17)5/h6-9,11,18-19H,10H2,1-5H3. The van der Waals surface area contributed by atoms with Crippen LogP contribution in [0.3, 0.4) is 0 Å².